The van der Waals surface area contributed by atoms with Crippen LogP contribution in [-0.4, -0.2) is 0 Å². The molecule has 0 bridgehead atoms. The Morgan fingerprint density at radius 3 is 0.333 bits per heavy atom. The number of hydrogen-bond donors (Lipinski definition) is 0. The number of rotatable bonds is 0. The van der Waals surface area contributed by atoms with E-state index in [-0.39, 0.29) is 115 Å². The van der Waals surface area contributed by atoms with Gasteiger partial charge in [-0.05, 0) is 0 Å². The van der Waals surface area contributed by atoms with Crippen molar-refractivity contribution in [2.75, 3.05) is 0 Å². The summed E-state index contributed by atoms with van der Waals surface area (Å²) in [7, 11) is 0. The Balaban J connectivity index is 0. The summed E-state index contributed by atoms with van der Waals surface area (Å²) >= 11 is 0. The van der Waals surface area contributed by atoms with Gasteiger partial charge in [-0.1, -0.05) is 0 Å². The zero-order chi connectivity index (χ0) is 0. The summed E-state index contributed by atoms with van der Waals surface area (Å²) in [6, 6.07) is 0. The molecule has 0 atom stereocenters. The van der Waals surface area contributed by atoms with Crippen LogP contribution in [0, 0.1) is 0 Å². The molecule has 0 aliphatic heterocycles. The second-order valence-electron chi connectivity index (χ2n) is 0. The molecule has 0 aromatic rings. The summed E-state index contributed by atoms with van der Waals surface area (Å²) in [6.45, 7) is 0. The quantitative estimate of drug-likeness (QED) is 0.584. The molecule has 0 aliphatic rings. The molecule has 0 saturated carbocycles. The molecule has 6 heavy (non-hydrogen) atoms. The van der Waals surface area contributed by atoms with Gasteiger partial charge in [0.15, 0.2) is 0 Å². The fourth-order valence-corrected chi connectivity index (χ4v) is 0. The van der Waals surface area contributed by atoms with Crippen molar-refractivity contribution in [3.05, 3.63) is 0 Å². The van der Waals surface area contributed by atoms with Gasteiger partial charge in [0.2, 0.25) is 0 Å². The second-order valence-corrected chi connectivity index (χ2v) is 0. The van der Waals surface area contributed by atoms with Crippen molar-refractivity contribution in [1.82, 2.24) is 0 Å². The zero-order valence-electron chi connectivity index (χ0n) is 2.96. The average Bonchev–Trinajstić information content (AvgIpc) is 0. The molecule has 0 fully saturated rings. The van der Waals surface area contributed by atoms with Crippen LogP contribution in [0.15, 0.2) is 0 Å². The Labute approximate surface area is 112 Å². The van der Waals surface area contributed by atoms with Gasteiger partial charge in [-0.3, -0.25) is 0 Å². The van der Waals surface area contributed by atoms with E-state index in [0.29, 0.717) is 0 Å². The summed E-state index contributed by atoms with van der Waals surface area (Å²) < 4.78 is 0. The van der Waals surface area contributed by atoms with Crippen molar-refractivity contribution < 1.29 is 115 Å². The molecule has 0 aliphatic carbocycles. The largest absolute Gasteiger partial charge is 2.00 e. The first-order valence-corrected chi connectivity index (χ1v) is 0. The predicted molar refractivity (Wildman–Crippen MR) is 2.06 cm³/mol. The maximum absolute atomic E-state index is 0. The second kappa shape index (κ2) is 41.6. The van der Waals surface area contributed by atoms with Gasteiger partial charge in [-0.2, -0.15) is 0 Å². The molecule has 0 unspecified atom stereocenters. The molecule has 6 heteroatoms. The first-order chi connectivity index (χ1) is 0. The van der Waals surface area contributed by atoms with E-state index in [1.807, 2.05) is 0 Å². The third-order valence-corrected chi connectivity index (χ3v) is 0. The molecule has 0 aromatic heterocycles. The molecule has 0 N–H and O–H groups in total. The van der Waals surface area contributed by atoms with Crippen LogP contribution in [0.2, 0.25) is 0 Å². The van der Waals surface area contributed by atoms with Gasteiger partial charge in [-0.15, -0.1) is 0 Å². The summed E-state index contributed by atoms with van der Waals surface area (Å²) in [6.07, 6.45) is 0. The Morgan fingerprint density at radius 2 is 0.333 bits per heavy atom. The van der Waals surface area contributed by atoms with Crippen LogP contribution in [0.25, 0.3) is 0 Å². The van der Waals surface area contributed by atoms with Gasteiger partial charge in [-0.25, -0.2) is 0 Å². The van der Waals surface area contributed by atoms with Gasteiger partial charge in [0.05, 0.1) is 0 Å². The monoisotopic (exact) mass is 315 g/mol. The average molecular weight is 315 g/mol. The Kier molecular flexibility index (Phi) is 420. The Morgan fingerprint density at radius 1 is 0.333 bits per heavy atom. The van der Waals surface area contributed by atoms with Crippen molar-refractivity contribution >= 4 is 0 Å². The predicted octanol–water partition coefficient (Wildman–Crippen LogP) is -0.364. The van der Waals surface area contributed by atoms with E-state index in [0.717, 1.165) is 0 Å². The molecule has 0 saturated heterocycles. The van der Waals surface area contributed by atoms with E-state index in [4.69, 9.17) is 0 Å². The maximum Gasteiger partial charge on any atom is 2.00 e. The van der Waals surface area contributed by atoms with E-state index in [2.05, 4.69) is 0 Å². The minimum absolute atomic E-state index is 0. The minimum Gasteiger partial charge on any atom is -2.00 e. The maximum atomic E-state index is 0. The Hall–Kier alpha value is 3.19. The van der Waals surface area contributed by atoms with Crippen LogP contribution in [0.4, 0.5) is 0 Å². The van der Waals surface area contributed by atoms with Crippen molar-refractivity contribution in [3.8, 4) is 0 Å². The van der Waals surface area contributed by atoms with Crippen LogP contribution in [0.1, 0.15) is 0 Å². The molecule has 0 spiro atoms. The third-order valence-electron chi connectivity index (χ3n) is 0. The summed E-state index contributed by atoms with van der Waals surface area (Å²) in [5.74, 6) is 0. The van der Waals surface area contributed by atoms with Crippen molar-refractivity contribution in [1.29, 1.82) is 0 Å². The van der Waals surface area contributed by atoms with Crippen LogP contribution in [0.3, 0.4) is 0 Å². The third kappa shape index (κ3) is 27.1. The summed E-state index contributed by atoms with van der Waals surface area (Å²) in [4.78, 5) is 0. The minimum atomic E-state index is 0. The standard InChI is InChI=1S/3O.3Y/q3*-2;3*+2. The number of hydrogen-bond acceptors (Lipinski definition) is 0. The molecule has 0 amide bonds. The first kappa shape index (κ1) is 60.5. The van der Waals surface area contributed by atoms with Crippen molar-refractivity contribution in [2.24, 2.45) is 0 Å². The first-order valence-electron chi connectivity index (χ1n) is 0. The molecule has 3 nitrogen and oxygen atoms in total. The SMILES string of the molecule is [O-2].[O-2].[O-2].[Y+2].[Y+2].[Y+2]. The van der Waals surface area contributed by atoms with Crippen LogP contribution in [0.5, 0.6) is 0 Å². The molecular formula is O3Y3. The van der Waals surface area contributed by atoms with Gasteiger partial charge >= 0.3 is 98.1 Å². The van der Waals surface area contributed by atoms with Crippen molar-refractivity contribution in [3.63, 3.8) is 0 Å². The zero-order valence-corrected chi connectivity index (χ0v) is 11.5. The van der Waals surface area contributed by atoms with Crippen LogP contribution < -0.4 is 0 Å². The van der Waals surface area contributed by atoms with Crippen LogP contribution >= 0.6 is 0 Å². The summed E-state index contributed by atoms with van der Waals surface area (Å²) in [5.41, 5.74) is 0. The van der Waals surface area contributed by atoms with Gasteiger partial charge in [0.25, 0.3) is 0 Å². The summed E-state index contributed by atoms with van der Waals surface area (Å²) in [5, 5.41) is 0. The molecule has 0 rings (SSSR count). The van der Waals surface area contributed by atoms with Gasteiger partial charge in [0, 0.05) is 0 Å². The fourth-order valence-electron chi connectivity index (χ4n) is 0. The topological polar surface area (TPSA) is 85.5 Å². The van der Waals surface area contributed by atoms with Gasteiger partial charge in [0.1, 0.15) is 0 Å². The van der Waals surface area contributed by atoms with E-state index < -0.39 is 0 Å². The smallest absolute Gasteiger partial charge is 2.00 e. The molecular weight excluding hydrogens is 315 g/mol. The molecule has 0 heterocycles. The van der Waals surface area contributed by atoms with Crippen LogP contribution in [-0.2, 0) is 115 Å². The van der Waals surface area contributed by atoms with Gasteiger partial charge < -0.3 is 16.4 Å². The van der Waals surface area contributed by atoms with E-state index >= 15 is 0 Å². The normalized spacial score (nSPS) is 0. The van der Waals surface area contributed by atoms with E-state index in [9.17, 15) is 0 Å². The Bertz CT molecular complexity index is 6.00. The molecule has 27 valence electrons. The van der Waals surface area contributed by atoms with Crippen molar-refractivity contribution in [2.45, 2.75) is 0 Å². The van der Waals surface area contributed by atoms with E-state index in [1.54, 1.807) is 0 Å². The van der Waals surface area contributed by atoms with E-state index in [1.165, 1.54) is 0 Å². The molecule has 0 aromatic carbocycles. The molecule has 3 radical (unpaired) electrons. The fraction of sp³-hybridized carbons (Fsp3) is 0.